The molecule has 0 saturated carbocycles. The molecule has 1 saturated heterocycles. The summed E-state index contributed by atoms with van der Waals surface area (Å²) in [7, 11) is 0. The third-order valence-corrected chi connectivity index (χ3v) is 2.90. The number of rotatable bonds is 4. The molecule has 1 heterocycles. The van der Waals surface area contributed by atoms with Gasteiger partial charge >= 0.3 is 11.9 Å². The number of carbonyl (C=O) groups excluding carboxylic acids is 2. The maximum atomic E-state index is 11.8. The Morgan fingerprint density at radius 1 is 1.30 bits per heavy atom. The van der Waals surface area contributed by atoms with Crippen LogP contribution in [0, 0.1) is 11.3 Å². The first kappa shape index (κ1) is 16.4. The van der Waals surface area contributed by atoms with Crippen LogP contribution in [-0.2, 0) is 19.1 Å². The van der Waals surface area contributed by atoms with Gasteiger partial charge in [-0.15, -0.1) is 0 Å². The number of esters is 2. The van der Waals surface area contributed by atoms with Crippen LogP contribution < -0.4 is 10.1 Å². The molecule has 1 N–H and O–H groups in total. The van der Waals surface area contributed by atoms with Gasteiger partial charge < -0.3 is 19.5 Å². The molecule has 0 amide bonds. The van der Waals surface area contributed by atoms with Crippen molar-refractivity contribution < 1.29 is 23.8 Å². The molecule has 120 valence electrons. The van der Waals surface area contributed by atoms with Gasteiger partial charge in [-0.25, -0.2) is 9.59 Å². The van der Waals surface area contributed by atoms with Crippen molar-refractivity contribution in [1.82, 2.24) is 0 Å². The number of ether oxygens (including phenoxy) is 3. The van der Waals surface area contributed by atoms with Crippen molar-refractivity contribution >= 4 is 17.6 Å². The number of hydrogen-bond donors (Lipinski definition) is 1. The summed E-state index contributed by atoms with van der Waals surface area (Å²) in [6, 6.07) is 6.82. The fraction of sp³-hybridized carbons (Fsp3) is 0.312. The lowest BCUT2D eigenvalue weighted by Crippen LogP contribution is -2.42. The van der Waals surface area contributed by atoms with E-state index < -0.39 is 17.7 Å². The van der Waals surface area contributed by atoms with Crippen LogP contribution in [0.4, 0.5) is 5.69 Å². The van der Waals surface area contributed by atoms with E-state index in [1.165, 1.54) is 20.0 Å². The molecule has 7 heteroatoms. The van der Waals surface area contributed by atoms with Gasteiger partial charge in [-0.2, -0.15) is 5.26 Å². The lowest BCUT2D eigenvalue weighted by molar-refractivity contribution is -0.222. The van der Waals surface area contributed by atoms with E-state index in [9.17, 15) is 9.59 Å². The van der Waals surface area contributed by atoms with Gasteiger partial charge in [0.25, 0.3) is 5.79 Å². The lowest BCUT2D eigenvalue weighted by atomic mass is 10.2. The van der Waals surface area contributed by atoms with E-state index in [2.05, 4.69) is 5.32 Å². The number of cyclic esters (lactones) is 2. The highest BCUT2D eigenvalue weighted by Gasteiger charge is 2.38. The predicted molar refractivity (Wildman–Crippen MR) is 80.3 cm³/mol. The summed E-state index contributed by atoms with van der Waals surface area (Å²) in [5.74, 6) is -2.40. The standard InChI is InChI=1S/C16H16N2O5/c1-4-21-13-7-11(6-5-10(13)8-17)18-9-12-14(19)22-16(2,3)23-15(12)20/h5-7,9,18H,4H2,1-3H3. The smallest absolute Gasteiger partial charge is 0.350 e. The van der Waals surface area contributed by atoms with Crippen LogP contribution >= 0.6 is 0 Å². The minimum atomic E-state index is -1.28. The van der Waals surface area contributed by atoms with Gasteiger partial charge in [0, 0.05) is 31.8 Å². The van der Waals surface area contributed by atoms with Gasteiger partial charge in [-0.3, -0.25) is 0 Å². The number of nitrogens with zero attached hydrogens (tertiary/aromatic N) is 1. The minimum absolute atomic E-state index is 0.244. The zero-order valence-corrected chi connectivity index (χ0v) is 13.0. The summed E-state index contributed by atoms with van der Waals surface area (Å²) in [4.78, 5) is 23.6. The molecule has 0 atom stereocenters. The van der Waals surface area contributed by atoms with Crippen molar-refractivity contribution in [3.05, 3.63) is 35.5 Å². The van der Waals surface area contributed by atoms with E-state index in [0.29, 0.717) is 23.6 Å². The maximum absolute atomic E-state index is 11.8. The summed E-state index contributed by atoms with van der Waals surface area (Å²) in [6.45, 7) is 5.16. The molecular weight excluding hydrogens is 300 g/mol. The number of hydrogen-bond acceptors (Lipinski definition) is 7. The van der Waals surface area contributed by atoms with Gasteiger partial charge in [0.2, 0.25) is 0 Å². The Balaban J connectivity index is 2.20. The second-order valence-electron chi connectivity index (χ2n) is 5.14. The number of anilines is 1. The quantitative estimate of drug-likeness (QED) is 0.516. The Morgan fingerprint density at radius 3 is 2.52 bits per heavy atom. The molecule has 0 unspecified atom stereocenters. The number of nitriles is 1. The molecule has 2 rings (SSSR count). The molecule has 0 aromatic heterocycles. The highest BCUT2D eigenvalue weighted by atomic mass is 16.7. The predicted octanol–water partition coefficient (Wildman–Crippen LogP) is 2.09. The van der Waals surface area contributed by atoms with Crippen LogP contribution in [0.2, 0.25) is 0 Å². The molecule has 0 aliphatic carbocycles. The number of nitrogens with one attached hydrogen (secondary N) is 1. The van der Waals surface area contributed by atoms with E-state index in [-0.39, 0.29) is 5.57 Å². The average Bonchev–Trinajstić information content (AvgIpc) is 2.45. The molecule has 1 fully saturated rings. The molecule has 7 nitrogen and oxygen atoms in total. The van der Waals surface area contributed by atoms with E-state index in [4.69, 9.17) is 19.5 Å². The molecule has 1 aromatic carbocycles. The van der Waals surface area contributed by atoms with Crippen molar-refractivity contribution in [2.75, 3.05) is 11.9 Å². The Morgan fingerprint density at radius 2 is 1.96 bits per heavy atom. The van der Waals surface area contributed by atoms with E-state index >= 15 is 0 Å². The van der Waals surface area contributed by atoms with Gasteiger partial charge in [0.05, 0.1) is 12.2 Å². The van der Waals surface area contributed by atoms with Crippen LogP contribution in [-0.4, -0.2) is 24.3 Å². The van der Waals surface area contributed by atoms with Crippen LogP contribution in [0.15, 0.2) is 30.0 Å². The van der Waals surface area contributed by atoms with Crippen molar-refractivity contribution in [3.8, 4) is 11.8 Å². The second kappa shape index (κ2) is 6.40. The fourth-order valence-corrected chi connectivity index (χ4v) is 1.91. The topological polar surface area (TPSA) is 97.7 Å². The molecule has 0 spiro atoms. The Hall–Kier alpha value is -3.01. The molecular formula is C16H16N2O5. The summed E-state index contributed by atoms with van der Waals surface area (Å²) >= 11 is 0. The molecule has 0 radical (unpaired) electrons. The SMILES string of the molecule is CCOc1cc(NC=C2C(=O)OC(C)(C)OC2=O)ccc1C#N. The highest BCUT2D eigenvalue weighted by Crippen LogP contribution is 2.25. The van der Waals surface area contributed by atoms with Gasteiger partial charge in [0.1, 0.15) is 11.8 Å². The summed E-state index contributed by atoms with van der Waals surface area (Å²) in [6.07, 6.45) is 1.21. The second-order valence-corrected chi connectivity index (χ2v) is 5.14. The average molecular weight is 316 g/mol. The normalized spacial score (nSPS) is 16.0. The largest absolute Gasteiger partial charge is 0.492 e. The van der Waals surface area contributed by atoms with Gasteiger partial charge in [0.15, 0.2) is 5.57 Å². The molecule has 23 heavy (non-hydrogen) atoms. The first-order valence-corrected chi connectivity index (χ1v) is 6.96. The monoisotopic (exact) mass is 316 g/mol. The van der Waals surface area contributed by atoms with Crippen molar-refractivity contribution in [2.45, 2.75) is 26.6 Å². The first-order chi connectivity index (χ1) is 10.9. The lowest BCUT2D eigenvalue weighted by Gasteiger charge is -2.29. The third-order valence-electron chi connectivity index (χ3n) is 2.90. The van der Waals surface area contributed by atoms with Gasteiger partial charge in [-0.05, 0) is 19.1 Å². The van der Waals surface area contributed by atoms with Crippen molar-refractivity contribution in [3.63, 3.8) is 0 Å². The van der Waals surface area contributed by atoms with E-state index in [0.717, 1.165) is 0 Å². The van der Waals surface area contributed by atoms with E-state index in [1.54, 1.807) is 25.1 Å². The summed E-state index contributed by atoms with van der Waals surface area (Å²) in [5, 5.41) is 11.8. The molecule has 0 bridgehead atoms. The maximum Gasteiger partial charge on any atom is 0.350 e. The highest BCUT2D eigenvalue weighted by molar-refractivity contribution is 6.15. The summed E-state index contributed by atoms with van der Waals surface area (Å²) in [5.41, 5.74) is 0.695. The Kier molecular flexibility index (Phi) is 4.55. The zero-order chi connectivity index (χ0) is 17.0. The van der Waals surface area contributed by atoms with Crippen LogP contribution in [0.1, 0.15) is 26.3 Å². The Bertz CT molecular complexity index is 694. The molecule has 1 aliphatic heterocycles. The van der Waals surface area contributed by atoms with E-state index in [1.807, 2.05) is 6.07 Å². The van der Waals surface area contributed by atoms with Crippen LogP contribution in [0.5, 0.6) is 5.75 Å². The third kappa shape index (κ3) is 3.80. The Labute approximate surface area is 133 Å². The van der Waals surface area contributed by atoms with Crippen molar-refractivity contribution in [1.29, 1.82) is 5.26 Å². The van der Waals surface area contributed by atoms with Crippen LogP contribution in [0.3, 0.4) is 0 Å². The number of benzene rings is 1. The van der Waals surface area contributed by atoms with Gasteiger partial charge in [-0.1, -0.05) is 0 Å². The fourth-order valence-electron chi connectivity index (χ4n) is 1.91. The number of carbonyl (C=O) groups is 2. The first-order valence-electron chi connectivity index (χ1n) is 6.96. The molecule has 1 aliphatic rings. The van der Waals surface area contributed by atoms with Crippen molar-refractivity contribution in [2.24, 2.45) is 0 Å². The minimum Gasteiger partial charge on any atom is -0.492 e. The summed E-state index contributed by atoms with van der Waals surface area (Å²) < 4.78 is 15.3. The van der Waals surface area contributed by atoms with Crippen LogP contribution in [0.25, 0.3) is 0 Å². The zero-order valence-electron chi connectivity index (χ0n) is 13.0. The molecule has 1 aromatic rings.